The zero-order valence-corrected chi connectivity index (χ0v) is 63.7. The van der Waals surface area contributed by atoms with Crippen LogP contribution in [0, 0.1) is 5.92 Å². The third-order valence-corrected chi connectivity index (χ3v) is 23.3. The van der Waals surface area contributed by atoms with Gasteiger partial charge in [-0.25, -0.2) is 59.9 Å². The Morgan fingerprint density at radius 3 is 1.10 bits per heavy atom. The Labute approximate surface area is 627 Å². The fourth-order valence-corrected chi connectivity index (χ4v) is 15.7. The quantitative estimate of drug-likeness (QED) is 0.0241. The van der Waals surface area contributed by atoms with Gasteiger partial charge in [-0.1, -0.05) is 105 Å². The Bertz CT molecular complexity index is 4750. The number of carbonyl (C=O) groups is 3. The van der Waals surface area contributed by atoms with Gasteiger partial charge in [-0.3, -0.25) is 14.4 Å². The van der Waals surface area contributed by atoms with E-state index in [1.54, 1.807) is 109 Å². The number of hydrogen-bond acceptors (Lipinski definition) is 23. The van der Waals surface area contributed by atoms with E-state index in [0.717, 1.165) is 77.4 Å². The number of nitrogens with zero attached hydrogens (tertiary/aromatic N) is 11. The molecule has 2 saturated heterocycles. The summed E-state index contributed by atoms with van der Waals surface area (Å²) in [6.45, 7) is 13.3. The number of hydrogen-bond donors (Lipinski definition) is 7. The molecule has 11 rings (SSSR count). The number of rotatable bonds is 28. The van der Waals surface area contributed by atoms with Crippen molar-refractivity contribution in [3.8, 4) is 33.8 Å². The molecule has 0 atom stereocenters. The van der Waals surface area contributed by atoms with E-state index in [9.17, 15) is 39.6 Å². The molecule has 2 aliphatic heterocycles. The van der Waals surface area contributed by atoms with Gasteiger partial charge in [0.25, 0.3) is 17.7 Å². The molecule has 0 spiro atoms. The number of likely N-dealkylation sites (tertiary alicyclic amines) is 2. The van der Waals surface area contributed by atoms with Gasteiger partial charge in [-0.2, -0.15) is 0 Å². The summed E-state index contributed by atoms with van der Waals surface area (Å²) in [5.74, 6) is -0.505. The lowest BCUT2D eigenvalue weighted by Crippen LogP contribution is -2.45. The first-order valence-corrected chi connectivity index (χ1v) is 40.3. The van der Waals surface area contributed by atoms with Crippen LogP contribution in [0.5, 0.6) is 0 Å². The number of sulfonamides is 1. The highest BCUT2D eigenvalue weighted by molar-refractivity contribution is 7.91. The summed E-state index contributed by atoms with van der Waals surface area (Å²) < 4.78 is 79.4. The van der Waals surface area contributed by atoms with E-state index in [1.165, 1.54) is 37.1 Å². The number of amides is 3. The van der Waals surface area contributed by atoms with Gasteiger partial charge in [0.1, 0.15) is 0 Å². The number of carbonyl (C=O) groups excluding carboxylic acids is 3. The first-order chi connectivity index (χ1) is 51.3. The summed E-state index contributed by atoms with van der Waals surface area (Å²) in [7, 11) is -2.55. The number of aromatic nitrogens is 6. The Balaban J connectivity index is 0.000000187. The van der Waals surface area contributed by atoms with Gasteiger partial charge in [0, 0.05) is 66.0 Å². The van der Waals surface area contributed by atoms with E-state index in [2.05, 4.69) is 98.1 Å². The summed E-state index contributed by atoms with van der Waals surface area (Å²) in [5, 5.41) is 8.23. The van der Waals surface area contributed by atoms with E-state index in [1.807, 2.05) is 61.5 Å². The maximum atomic E-state index is 13.0. The summed E-state index contributed by atoms with van der Waals surface area (Å²) in [6, 6.07) is 46.8. The van der Waals surface area contributed by atoms with Crippen LogP contribution in [0.1, 0.15) is 77.4 Å². The van der Waals surface area contributed by atoms with Gasteiger partial charge in [-0.15, -0.1) is 0 Å². The minimum Gasteiger partial charge on any atom is -0.382 e. The van der Waals surface area contributed by atoms with Crippen molar-refractivity contribution in [1.29, 1.82) is 0 Å². The molecule has 2 fully saturated rings. The van der Waals surface area contributed by atoms with Crippen molar-refractivity contribution < 1.29 is 39.6 Å². The van der Waals surface area contributed by atoms with Crippen LogP contribution in [0.3, 0.4) is 0 Å². The lowest BCUT2D eigenvalue weighted by atomic mass is 9.93. The second kappa shape index (κ2) is 38.5. The number of nitrogen functional groups attached to an aromatic ring is 3. The number of para-hydroxylation sites is 3. The fourth-order valence-electron chi connectivity index (χ4n) is 12.1. The van der Waals surface area contributed by atoms with Crippen molar-refractivity contribution in [3.63, 3.8) is 0 Å². The van der Waals surface area contributed by atoms with Gasteiger partial charge in [0.2, 0.25) is 10.0 Å². The van der Waals surface area contributed by atoms with Crippen molar-refractivity contribution in [2.24, 2.45) is 5.92 Å². The van der Waals surface area contributed by atoms with E-state index in [-0.39, 0.29) is 60.7 Å². The first-order valence-electron chi connectivity index (χ1n) is 35.5. The molecule has 3 aromatic heterocycles. The zero-order chi connectivity index (χ0) is 76.7. The van der Waals surface area contributed by atoms with Crippen molar-refractivity contribution >= 4 is 81.9 Å². The first kappa shape index (κ1) is 81.1. The predicted octanol–water partition coefficient (Wildman–Crippen LogP) is 8.79. The normalized spacial score (nSPS) is 14.0. The molecule has 3 amide bonds. The van der Waals surface area contributed by atoms with E-state index in [0.29, 0.717) is 83.1 Å². The minimum atomic E-state index is -3.61. The molecule has 5 heterocycles. The maximum Gasteiger partial charge on any atom is 0.278 e. The number of nitrogens with two attached hydrogens (primary N) is 3. The number of likely N-dealkylation sites (N-methyl/N-ethyl adjacent to an activating group) is 1. The second-order valence-corrected chi connectivity index (χ2v) is 32.5. The standard InChI is InChI=1S/2C28H36N6O3S.C21H24N6O3S/c1-33(2)15-12-21-13-16-34(17-14-21)18-19-38(36,37)24-10-8-22(9-11-24)25-20-30-27(29)26(32-25)28(35)31-23-6-4-3-5-7-23;1-3-34(4-2)23-14-16-33(17-15-23)18-19-38(36,37)24-12-10-21(11-13-24)25-20-30-27(29)26(32-25)28(35)31-22-8-6-5-7-9-22;1-27(2)13-12-24-31(29,30)17-10-8-15(9-11-17)18-14-23-20(22)19(26-18)21(28)25-16-6-4-3-5-7-16/h3-11,20-21H,12-19H2,1-2H3,(H2,29,30)(H,31,35);5-13,20,23H,3-4,14-19H2,1-2H3,(H2,29,30)(H,31,35);3-11,14,24H,12-13H2,1-2H3,(H2,22,23)(H,25,28). The molecule has 10 N–H and O–H groups in total. The largest absolute Gasteiger partial charge is 0.382 e. The van der Waals surface area contributed by atoms with Gasteiger partial charge in [0.15, 0.2) is 54.2 Å². The predicted molar refractivity (Wildman–Crippen MR) is 421 cm³/mol. The van der Waals surface area contributed by atoms with Crippen LogP contribution in [0.15, 0.2) is 197 Å². The van der Waals surface area contributed by atoms with Crippen molar-refractivity contribution in [2.75, 3.05) is 145 Å². The highest BCUT2D eigenvalue weighted by Gasteiger charge is 2.27. The highest BCUT2D eigenvalue weighted by atomic mass is 32.2. The van der Waals surface area contributed by atoms with Gasteiger partial charge < -0.3 is 57.7 Å². The average Bonchev–Trinajstić information content (AvgIpc) is 0.821. The third kappa shape index (κ3) is 23.7. The van der Waals surface area contributed by atoms with Crippen LogP contribution >= 0.6 is 0 Å². The number of anilines is 6. The van der Waals surface area contributed by atoms with Crippen molar-refractivity contribution in [3.05, 3.63) is 199 Å². The van der Waals surface area contributed by atoms with E-state index < -0.39 is 47.4 Å². The summed E-state index contributed by atoms with van der Waals surface area (Å²) in [5.41, 5.74) is 22.7. The number of benzene rings is 6. The summed E-state index contributed by atoms with van der Waals surface area (Å²) >= 11 is 0. The fraction of sp³-hybridized carbons (Fsp3) is 0.338. The molecule has 0 aliphatic carbocycles. The molecule has 107 heavy (non-hydrogen) atoms. The van der Waals surface area contributed by atoms with Crippen LogP contribution in [-0.4, -0.2) is 215 Å². The molecule has 0 saturated carbocycles. The second-order valence-electron chi connectivity index (χ2n) is 26.5. The van der Waals surface area contributed by atoms with E-state index in [4.69, 9.17) is 17.2 Å². The Morgan fingerprint density at radius 2 is 0.776 bits per heavy atom. The average molecular weight is 1510 g/mol. The lowest BCUT2D eigenvalue weighted by Gasteiger charge is -2.37. The Morgan fingerprint density at radius 1 is 0.449 bits per heavy atom. The number of piperidine rings is 2. The zero-order valence-electron chi connectivity index (χ0n) is 61.3. The Hall–Kier alpha value is -10.0. The lowest BCUT2D eigenvalue weighted by molar-refractivity contribution is 0.101. The van der Waals surface area contributed by atoms with Crippen LogP contribution in [0.2, 0.25) is 0 Å². The molecule has 9 aromatic rings. The number of nitrogens with one attached hydrogen (secondary N) is 4. The topological polar surface area (TPSA) is 373 Å². The van der Waals surface area contributed by atoms with Crippen LogP contribution in [0.4, 0.5) is 34.5 Å². The SMILES string of the molecule is CCN(CC)C1CCN(CCS(=O)(=O)c2ccc(-c3cnc(N)c(C(=O)Nc4ccccc4)n3)cc2)CC1.CN(C)CCC1CCN(CCS(=O)(=O)c2ccc(-c3cnc(N)c(C(=O)Nc4ccccc4)n3)cc2)CC1.CN(C)CCNS(=O)(=O)c1ccc(-c2cnc(N)c(C(=O)Nc3ccccc3)n2)cc1. The van der Waals surface area contributed by atoms with Crippen molar-refractivity contribution in [2.45, 2.75) is 66.7 Å². The highest BCUT2D eigenvalue weighted by Crippen LogP contribution is 2.28. The molecule has 30 heteroatoms. The Kier molecular flexibility index (Phi) is 29.2. The molecule has 0 unspecified atom stereocenters. The smallest absolute Gasteiger partial charge is 0.278 e. The summed E-state index contributed by atoms with van der Waals surface area (Å²) in [6.07, 6.45) is 9.97. The third-order valence-electron chi connectivity index (χ3n) is 18.4. The van der Waals surface area contributed by atoms with Gasteiger partial charge >= 0.3 is 0 Å². The van der Waals surface area contributed by atoms with Crippen LogP contribution in [0.25, 0.3) is 33.8 Å². The van der Waals surface area contributed by atoms with Crippen molar-refractivity contribution in [1.82, 2.24) is 59.1 Å². The molecule has 0 radical (unpaired) electrons. The van der Waals surface area contributed by atoms with Crippen LogP contribution < -0.4 is 37.9 Å². The maximum absolute atomic E-state index is 13.0. The molecule has 2 aliphatic rings. The summed E-state index contributed by atoms with van der Waals surface area (Å²) in [4.78, 5) is 75.2. The minimum absolute atomic E-state index is 0.00136. The molecule has 6 aromatic carbocycles. The van der Waals surface area contributed by atoms with E-state index >= 15 is 0 Å². The molecular weight excluding hydrogens is 1420 g/mol. The monoisotopic (exact) mass is 1510 g/mol. The molecule has 566 valence electrons. The van der Waals surface area contributed by atoms with Gasteiger partial charge in [-0.05, 0) is 185 Å². The molecule has 27 nitrogen and oxygen atoms in total. The number of sulfone groups is 2. The molecule has 0 bridgehead atoms. The van der Waals surface area contributed by atoms with Crippen LogP contribution in [-0.2, 0) is 29.7 Å². The van der Waals surface area contributed by atoms with Gasteiger partial charge in [0.05, 0.1) is 61.9 Å². The molecular formula is C77H96N18O9S3.